The van der Waals surface area contributed by atoms with E-state index in [9.17, 15) is 5.11 Å². The molecule has 3 N–H and O–H groups in total. The zero-order valence-electron chi connectivity index (χ0n) is 16.3. The number of rotatable bonds is 7. The molecule has 0 fully saturated rings. The second kappa shape index (κ2) is 11.1. The summed E-state index contributed by atoms with van der Waals surface area (Å²) in [5, 5.41) is 21.4. The molecule has 0 bridgehead atoms. The van der Waals surface area contributed by atoms with Gasteiger partial charge in [0.25, 0.3) is 0 Å². The Morgan fingerprint density at radius 1 is 1.25 bits per heavy atom. The van der Waals surface area contributed by atoms with E-state index in [0.717, 1.165) is 22.1 Å². The smallest absolute Gasteiger partial charge is 0.191 e. The number of nitrogens with zero attached hydrogens (tertiary/aromatic N) is 2. The molecule has 3 rings (SSSR count). The average molecular weight is 531 g/mol. The molecule has 0 amide bonds. The number of aliphatic hydroxyl groups excluding tert-OH is 1. The van der Waals surface area contributed by atoms with Crippen molar-refractivity contribution in [3.05, 3.63) is 51.3 Å². The number of guanidine groups is 1. The molecule has 0 spiro atoms. The van der Waals surface area contributed by atoms with Crippen LogP contribution < -0.4 is 10.6 Å². The van der Waals surface area contributed by atoms with Crippen LogP contribution in [-0.2, 0) is 6.54 Å². The minimum absolute atomic E-state index is 0. The molecule has 0 aliphatic heterocycles. The van der Waals surface area contributed by atoms with Gasteiger partial charge in [-0.05, 0) is 24.4 Å². The summed E-state index contributed by atoms with van der Waals surface area (Å²) in [6.45, 7) is 8.02. The van der Waals surface area contributed by atoms with E-state index in [4.69, 9.17) is 0 Å². The Balaban J connectivity index is 0.00000280. The van der Waals surface area contributed by atoms with Crippen LogP contribution in [0.5, 0.6) is 0 Å². The van der Waals surface area contributed by atoms with Crippen LogP contribution in [0.4, 0.5) is 0 Å². The van der Waals surface area contributed by atoms with Crippen molar-refractivity contribution in [1.29, 1.82) is 0 Å². The number of benzene rings is 1. The van der Waals surface area contributed by atoms with Crippen LogP contribution >= 0.6 is 46.7 Å². The molecule has 2 aromatic heterocycles. The molecule has 5 nitrogen and oxygen atoms in total. The first-order chi connectivity index (χ1) is 13.1. The molecular formula is C20H27IN4OS2. The van der Waals surface area contributed by atoms with Crippen LogP contribution in [0.1, 0.15) is 48.4 Å². The lowest BCUT2D eigenvalue weighted by atomic mass is 10.2. The van der Waals surface area contributed by atoms with Crippen molar-refractivity contribution in [2.45, 2.75) is 39.3 Å². The fourth-order valence-electron chi connectivity index (χ4n) is 2.62. The van der Waals surface area contributed by atoms with E-state index in [0.29, 0.717) is 25.0 Å². The molecule has 0 saturated carbocycles. The Bertz CT molecular complexity index is 873. The van der Waals surface area contributed by atoms with Gasteiger partial charge >= 0.3 is 0 Å². The fraction of sp³-hybridized carbons (Fsp3) is 0.400. The summed E-state index contributed by atoms with van der Waals surface area (Å²) in [5.74, 6) is 1.13. The molecule has 0 radical (unpaired) electrons. The van der Waals surface area contributed by atoms with Crippen LogP contribution in [0, 0.1) is 0 Å². The highest BCUT2D eigenvalue weighted by molar-refractivity contribution is 14.0. The number of hydrogen-bond acceptors (Lipinski definition) is 5. The van der Waals surface area contributed by atoms with Gasteiger partial charge in [0.1, 0.15) is 6.10 Å². The first kappa shape index (κ1) is 23.1. The van der Waals surface area contributed by atoms with E-state index in [1.54, 1.807) is 22.7 Å². The number of aromatic nitrogens is 1. The monoisotopic (exact) mass is 530 g/mol. The molecule has 0 aliphatic carbocycles. The molecule has 28 heavy (non-hydrogen) atoms. The number of fused-ring (bicyclic) bond motifs is 1. The van der Waals surface area contributed by atoms with Crippen LogP contribution in [-0.4, -0.2) is 29.1 Å². The van der Waals surface area contributed by atoms with Gasteiger partial charge in [0.2, 0.25) is 0 Å². The molecule has 0 aliphatic rings. The van der Waals surface area contributed by atoms with Crippen LogP contribution in [0.3, 0.4) is 0 Å². The van der Waals surface area contributed by atoms with Crippen molar-refractivity contribution in [2.75, 3.05) is 13.1 Å². The Morgan fingerprint density at radius 3 is 2.71 bits per heavy atom. The summed E-state index contributed by atoms with van der Waals surface area (Å²) >= 11 is 3.31. The summed E-state index contributed by atoms with van der Waals surface area (Å²) < 4.78 is 1.19. The number of thiazole rings is 1. The van der Waals surface area contributed by atoms with Crippen molar-refractivity contribution in [3.8, 4) is 0 Å². The Kier molecular flexibility index (Phi) is 9.13. The maximum absolute atomic E-state index is 10.5. The molecule has 1 atom stereocenters. The molecule has 8 heteroatoms. The minimum atomic E-state index is -0.571. The third-order valence-electron chi connectivity index (χ3n) is 4.04. The SMILES string of the molecule is CCNC(=NCc1csc(C(C)C)n1)NCC(O)c1cc2ccccc2s1.I. The second-order valence-electron chi connectivity index (χ2n) is 6.61. The number of nitrogens with one attached hydrogen (secondary N) is 2. The van der Waals surface area contributed by atoms with Crippen molar-refractivity contribution < 1.29 is 5.11 Å². The number of thiophene rings is 1. The van der Waals surface area contributed by atoms with Gasteiger partial charge < -0.3 is 15.7 Å². The molecule has 1 unspecified atom stereocenters. The third-order valence-corrected chi connectivity index (χ3v) is 6.45. The van der Waals surface area contributed by atoms with Gasteiger partial charge in [-0.1, -0.05) is 32.0 Å². The topological polar surface area (TPSA) is 69.5 Å². The predicted octanol–water partition coefficient (Wildman–Crippen LogP) is 4.89. The number of aliphatic imine (C=N–C) groups is 1. The van der Waals surface area contributed by atoms with Crippen molar-refractivity contribution in [3.63, 3.8) is 0 Å². The van der Waals surface area contributed by atoms with Crippen molar-refractivity contribution in [2.24, 2.45) is 4.99 Å². The van der Waals surface area contributed by atoms with Crippen molar-refractivity contribution >= 4 is 62.7 Å². The molecule has 3 aromatic rings. The fourth-order valence-corrected chi connectivity index (χ4v) is 4.50. The largest absolute Gasteiger partial charge is 0.386 e. The summed E-state index contributed by atoms with van der Waals surface area (Å²) in [4.78, 5) is 10.2. The van der Waals surface area contributed by atoms with E-state index in [1.165, 1.54) is 10.1 Å². The van der Waals surface area contributed by atoms with E-state index < -0.39 is 6.10 Å². The minimum Gasteiger partial charge on any atom is -0.386 e. The van der Waals surface area contributed by atoms with E-state index >= 15 is 0 Å². The second-order valence-corrected chi connectivity index (χ2v) is 8.62. The summed E-state index contributed by atoms with van der Waals surface area (Å²) in [7, 11) is 0. The van der Waals surface area contributed by atoms with Crippen LogP contribution in [0.2, 0.25) is 0 Å². The molecule has 152 valence electrons. The maximum Gasteiger partial charge on any atom is 0.191 e. The molecule has 0 saturated heterocycles. The van der Waals surface area contributed by atoms with E-state index in [2.05, 4.69) is 58.0 Å². The standard InChI is InChI=1S/C20H26N4OS2.HI/c1-4-21-20(22-10-15-12-26-19(24-15)13(2)3)23-11-16(25)18-9-14-7-5-6-8-17(14)27-18;/h5-9,12-13,16,25H,4,10-11H2,1-3H3,(H2,21,22,23);1H. The quantitative estimate of drug-likeness (QED) is 0.231. The van der Waals surface area contributed by atoms with Crippen LogP contribution in [0.25, 0.3) is 10.1 Å². The molecular weight excluding hydrogens is 503 g/mol. The number of hydrogen-bond donors (Lipinski definition) is 3. The van der Waals surface area contributed by atoms with Gasteiger partial charge in [-0.15, -0.1) is 46.7 Å². The van der Waals surface area contributed by atoms with Gasteiger partial charge in [-0.3, -0.25) is 0 Å². The zero-order valence-corrected chi connectivity index (χ0v) is 20.3. The lowest BCUT2D eigenvalue weighted by Crippen LogP contribution is -2.39. The Hall–Kier alpha value is -1.23. The first-order valence-electron chi connectivity index (χ1n) is 9.19. The third kappa shape index (κ3) is 6.13. The molecule has 1 aromatic carbocycles. The highest BCUT2D eigenvalue weighted by Crippen LogP contribution is 2.29. The zero-order chi connectivity index (χ0) is 19.2. The first-order valence-corrected chi connectivity index (χ1v) is 10.9. The summed E-state index contributed by atoms with van der Waals surface area (Å²) in [5.41, 5.74) is 0.978. The van der Waals surface area contributed by atoms with E-state index in [1.807, 2.05) is 19.1 Å². The van der Waals surface area contributed by atoms with Crippen molar-refractivity contribution in [1.82, 2.24) is 15.6 Å². The lowest BCUT2D eigenvalue weighted by Gasteiger charge is -2.14. The molecule has 2 heterocycles. The maximum atomic E-state index is 10.5. The summed E-state index contributed by atoms with van der Waals surface area (Å²) in [6, 6.07) is 10.2. The Labute approximate surface area is 191 Å². The summed E-state index contributed by atoms with van der Waals surface area (Å²) in [6.07, 6.45) is -0.571. The predicted molar refractivity (Wildman–Crippen MR) is 131 cm³/mol. The number of halogens is 1. The average Bonchev–Trinajstić information content (AvgIpc) is 3.30. The van der Waals surface area contributed by atoms with Gasteiger partial charge in [-0.25, -0.2) is 9.98 Å². The highest BCUT2D eigenvalue weighted by atomic mass is 127. The highest BCUT2D eigenvalue weighted by Gasteiger charge is 2.12. The van der Waals surface area contributed by atoms with Crippen LogP contribution in [0.15, 0.2) is 40.7 Å². The normalized spacial score (nSPS) is 12.8. The lowest BCUT2D eigenvalue weighted by molar-refractivity contribution is 0.184. The Morgan fingerprint density at radius 2 is 2.04 bits per heavy atom. The van der Waals surface area contributed by atoms with E-state index in [-0.39, 0.29) is 24.0 Å². The van der Waals surface area contributed by atoms with Gasteiger partial charge in [0.05, 0.1) is 17.2 Å². The number of aliphatic hydroxyl groups is 1. The van der Waals surface area contributed by atoms with Gasteiger partial charge in [0.15, 0.2) is 5.96 Å². The van der Waals surface area contributed by atoms with Gasteiger partial charge in [0, 0.05) is 34.0 Å². The van der Waals surface area contributed by atoms with Gasteiger partial charge in [-0.2, -0.15) is 0 Å².